The van der Waals surface area contributed by atoms with Crippen molar-refractivity contribution in [3.05, 3.63) is 53.3 Å². The predicted molar refractivity (Wildman–Crippen MR) is 109 cm³/mol. The molecule has 160 valence electrons. The Kier molecular flexibility index (Phi) is 7.11. The van der Waals surface area contributed by atoms with Crippen LogP contribution in [0.5, 0.6) is 5.75 Å². The molecule has 1 aromatic carbocycles. The van der Waals surface area contributed by atoms with E-state index in [1.807, 2.05) is 12.2 Å². The van der Waals surface area contributed by atoms with Crippen LogP contribution in [0.15, 0.2) is 47.7 Å². The summed E-state index contributed by atoms with van der Waals surface area (Å²) in [6.45, 7) is 1.66. The smallest absolute Gasteiger partial charge is 0.338 e. The van der Waals surface area contributed by atoms with Crippen molar-refractivity contribution in [1.29, 1.82) is 0 Å². The fourth-order valence-electron chi connectivity index (χ4n) is 3.50. The molecule has 2 aliphatic rings. The van der Waals surface area contributed by atoms with Gasteiger partial charge in [0.2, 0.25) is 0 Å². The lowest BCUT2D eigenvalue weighted by Crippen LogP contribution is -2.47. The van der Waals surface area contributed by atoms with Gasteiger partial charge in [0.25, 0.3) is 0 Å². The Hall–Kier alpha value is -3.29. The Morgan fingerprint density at radius 1 is 1.13 bits per heavy atom. The summed E-state index contributed by atoms with van der Waals surface area (Å²) < 4.78 is 15.8. The predicted octanol–water partition coefficient (Wildman–Crippen LogP) is 2.77. The fourth-order valence-corrected chi connectivity index (χ4v) is 3.50. The molecule has 3 rings (SSSR count). The maximum absolute atomic E-state index is 12.7. The molecule has 30 heavy (non-hydrogen) atoms. The Morgan fingerprint density at radius 3 is 2.53 bits per heavy atom. The first-order valence-corrected chi connectivity index (χ1v) is 9.96. The summed E-state index contributed by atoms with van der Waals surface area (Å²) in [6.07, 6.45) is 6.19. The van der Waals surface area contributed by atoms with Crippen molar-refractivity contribution in [3.63, 3.8) is 0 Å². The molecule has 1 aromatic rings. The molecule has 0 unspecified atom stereocenters. The lowest BCUT2D eigenvalue weighted by Gasteiger charge is -2.29. The molecule has 1 aliphatic carbocycles. The molecule has 2 atom stereocenters. The summed E-state index contributed by atoms with van der Waals surface area (Å²) >= 11 is 0. The van der Waals surface area contributed by atoms with E-state index in [2.05, 4.69) is 10.6 Å². The van der Waals surface area contributed by atoms with Gasteiger partial charge in [-0.1, -0.05) is 24.3 Å². The van der Waals surface area contributed by atoms with E-state index in [9.17, 15) is 14.4 Å². The van der Waals surface area contributed by atoms with Crippen LogP contribution in [-0.4, -0.2) is 38.3 Å². The molecule has 8 heteroatoms. The highest BCUT2D eigenvalue weighted by atomic mass is 16.5. The Balaban J connectivity index is 1.87. The minimum absolute atomic E-state index is 0.174. The van der Waals surface area contributed by atoms with Crippen LogP contribution in [0.1, 0.15) is 37.8 Å². The summed E-state index contributed by atoms with van der Waals surface area (Å²) in [7, 11) is 1.56. The van der Waals surface area contributed by atoms with Gasteiger partial charge in [-0.25, -0.2) is 9.59 Å². The zero-order valence-electron chi connectivity index (χ0n) is 17.1. The van der Waals surface area contributed by atoms with E-state index < -0.39 is 18.0 Å². The molecule has 0 aromatic heterocycles. The number of carbonyl (C=O) groups is 3. The molecule has 0 bridgehead atoms. The van der Waals surface area contributed by atoms with Crippen LogP contribution in [-0.2, 0) is 19.1 Å². The lowest BCUT2D eigenvalue weighted by molar-refractivity contribution is -0.148. The van der Waals surface area contributed by atoms with Crippen molar-refractivity contribution < 1.29 is 28.6 Å². The Morgan fingerprint density at radius 2 is 1.90 bits per heavy atom. The van der Waals surface area contributed by atoms with Crippen LogP contribution >= 0.6 is 0 Å². The zero-order valence-corrected chi connectivity index (χ0v) is 17.1. The molecule has 0 saturated carbocycles. The topological polar surface area (TPSA) is 103 Å². The van der Waals surface area contributed by atoms with E-state index in [0.29, 0.717) is 17.7 Å². The maximum Gasteiger partial charge on any atom is 0.338 e. The van der Waals surface area contributed by atoms with E-state index in [1.54, 1.807) is 38.3 Å². The fraction of sp³-hybridized carbons (Fsp3) is 0.409. The lowest BCUT2D eigenvalue weighted by atomic mass is 9.94. The van der Waals surface area contributed by atoms with E-state index >= 15 is 0 Å². The summed E-state index contributed by atoms with van der Waals surface area (Å²) in [5.74, 6) is -0.492. The van der Waals surface area contributed by atoms with E-state index in [0.717, 1.165) is 12.8 Å². The first-order valence-electron chi connectivity index (χ1n) is 9.96. The number of benzene rings is 1. The third kappa shape index (κ3) is 5.00. The zero-order chi connectivity index (χ0) is 21.5. The second-order valence-electron chi connectivity index (χ2n) is 7.01. The highest BCUT2D eigenvalue weighted by Crippen LogP contribution is 2.29. The number of amides is 2. The van der Waals surface area contributed by atoms with Gasteiger partial charge in [-0.15, -0.1) is 0 Å². The molecule has 8 nitrogen and oxygen atoms in total. The molecule has 0 saturated heterocycles. The van der Waals surface area contributed by atoms with E-state index in [1.165, 1.54) is 0 Å². The van der Waals surface area contributed by atoms with Crippen LogP contribution in [0, 0.1) is 5.92 Å². The molecule has 0 fully saturated rings. The SMILES string of the molecule is CCOC(=O)C1=C(COC(=O)[C@@H]2CC=CCC2)NC(=O)N[C@@H]1c1ccc(OC)cc1. The third-order valence-corrected chi connectivity index (χ3v) is 5.06. The summed E-state index contributed by atoms with van der Waals surface area (Å²) in [5.41, 5.74) is 1.10. The van der Waals surface area contributed by atoms with Crippen molar-refractivity contribution in [3.8, 4) is 5.75 Å². The van der Waals surface area contributed by atoms with Crippen molar-refractivity contribution in [2.75, 3.05) is 20.3 Å². The number of nitrogens with one attached hydrogen (secondary N) is 2. The summed E-state index contributed by atoms with van der Waals surface area (Å²) in [4.78, 5) is 37.4. The van der Waals surface area contributed by atoms with E-state index in [4.69, 9.17) is 14.2 Å². The number of allylic oxidation sites excluding steroid dienone is 2. The van der Waals surface area contributed by atoms with Crippen molar-refractivity contribution in [1.82, 2.24) is 10.6 Å². The second-order valence-corrected chi connectivity index (χ2v) is 7.01. The average molecular weight is 414 g/mol. The molecule has 1 aliphatic heterocycles. The summed E-state index contributed by atoms with van der Waals surface area (Å²) in [5, 5.41) is 5.34. The van der Waals surface area contributed by atoms with Gasteiger partial charge in [-0.05, 0) is 43.9 Å². The first-order chi connectivity index (χ1) is 14.5. The second kappa shape index (κ2) is 9.96. The number of hydrogen-bond donors (Lipinski definition) is 2. The number of esters is 2. The summed E-state index contributed by atoms with van der Waals surface area (Å²) in [6, 6.07) is 5.76. The Labute approximate surface area is 175 Å². The van der Waals surface area contributed by atoms with Crippen molar-refractivity contribution in [2.45, 2.75) is 32.2 Å². The minimum atomic E-state index is -0.741. The number of hydrogen-bond acceptors (Lipinski definition) is 6. The molecule has 1 heterocycles. The van der Waals surface area contributed by atoms with Crippen molar-refractivity contribution >= 4 is 18.0 Å². The van der Waals surface area contributed by atoms with Gasteiger partial charge >= 0.3 is 18.0 Å². The van der Waals surface area contributed by atoms with Crippen LogP contribution in [0.3, 0.4) is 0 Å². The quantitative estimate of drug-likeness (QED) is 0.525. The van der Waals surface area contributed by atoms with Gasteiger partial charge in [0.05, 0.1) is 36.9 Å². The maximum atomic E-state index is 12.7. The van der Waals surface area contributed by atoms with E-state index in [-0.39, 0.29) is 36.4 Å². The van der Waals surface area contributed by atoms with Gasteiger partial charge in [-0.3, -0.25) is 4.79 Å². The molecular weight excluding hydrogens is 388 g/mol. The normalized spacial score (nSPS) is 20.8. The van der Waals surface area contributed by atoms with Crippen LogP contribution in [0.2, 0.25) is 0 Å². The number of urea groups is 1. The van der Waals surface area contributed by atoms with Gasteiger partial charge in [-0.2, -0.15) is 0 Å². The number of rotatable bonds is 7. The highest BCUT2D eigenvalue weighted by Gasteiger charge is 2.34. The van der Waals surface area contributed by atoms with Gasteiger partial charge in [0.15, 0.2) is 0 Å². The Bertz CT molecular complexity index is 859. The molecular formula is C22H26N2O6. The van der Waals surface area contributed by atoms with Gasteiger partial charge in [0, 0.05) is 0 Å². The van der Waals surface area contributed by atoms with Crippen LogP contribution in [0.25, 0.3) is 0 Å². The van der Waals surface area contributed by atoms with Gasteiger partial charge < -0.3 is 24.8 Å². The molecule has 2 N–H and O–H groups in total. The number of carbonyl (C=O) groups excluding carboxylic acids is 3. The third-order valence-electron chi connectivity index (χ3n) is 5.06. The number of ether oxygens (including phenoxy) is 3. The minimum Gasteiger partial charge on any atom is -0.497 e. The van der Waals surface area contributed by atoms with Gasteiger partial charge in [0.1, 0.15) is 12.4 Å². The van der Waals surface area contributed by atoms with Crippen molar-refractivity contribution in [2.24, 2.45) is 5.92 Å². The standard InChI is InChI=1S/C22H26N2O6/c1-3-29-21(26)18-17(13-30-20(25)15-7-5-4-6-8-15)23-22(27)24-19(18)14-9-11-16(28-2)12-10-14/h4-5,9-12,15,19H,3,6-8,13H2,1-2H3,(H2,23,24,27)/t15-,19-/m1/s1. The highest BCUT2D eigenvalue weighted by molar-refractivity contribution is 5.95. The average Bonchev–Trinajstić information content (AvgIpc) is 2.77. The first kappa shape index (κ1) is 21.4. The van der Waals surface area contributed by atoms with Crippen LogP contribution < -0.4 is 15.4 Å². The van der Waals surface area contributed by atoms with Crippen LogP contribution in [0.4, 0.5) is 4.79 Å². The largest absolute Gasteiger partial charge is 0.497 e. The number of methoxy groups -OCH3 is 1. The molecule has 0 spiro atoms. The monoisotopic (exact) mass is 414 g/mol. The molecule has 2 amide bonds. The molecule has 0 radical (unpaired) electrons.